The van der Waals surface area contributed by atoms with Crippen LogP contribution in [-0.2, 0) is 25.7 Å². The molecule has 54 heavy (non-hydrogen) atoms. The fraction of sp³-hybridized carbons (Fsp3) is 0.525. The van der Waals surface area contributed by atoms with E-state index in [1.807, 2.05) is 64.4 Å². The quantitative estimate of drug-likeness (QED) is 0.127. The molecule has 12 nitrogen and oxygen atoms in total. The van der Waals surface area contributed by atoms with Gasteiger partial charge in [-0.25, -0.2) is 9.97 Å². The molecule has 290 valence electrons. The first-order chi connectivity index (χ1) is 25.9. The Labute approximate surface area is 325 Å². The number of amides is 3. The molecule has 2 aliphatic heterocycles. The maximum absolute atomic E-state index is 14.0. The van der Waals surface area contributed by atoms with Gasteiger partial charge in [0.15, 0.2) is 5.13 Å². The van der Waals surface area contributed by atoms with Crippen molar-refractivity contribution in [2.24, 2.45) is 5.41 Å². The highest BCUT2D eigenvalue weighted by Crippen LogP contribution is 2.32. The Morgan fingerprint density at radius 3 is 2.52 bits per heavy atom. The van der Waals surface area contributed by atoms with Crippen molar-refractivity contribution in [1.29, 1.82) is 0 Å². The van der Waals surface area contributed by atoms with Gasteiger partial charge in [0.1, 0.15) is 12.1 Å². The van der Waals surface area contributed by atoms with Crippen molar-refractivity contribution in [2.45, 2.75) is 91.1 Å². The van der Waals surface area contributed by atoms with Crippen molar-refractivity contribution in [3.8, 4) is 10.4 Å². The summed E-state index contributed by atoms with van der Waals surface area (Å²) >= 11 is 3.30. The molecule has 2 aromatic carbocycles. The third-order valence-electron chi connectivity index (χ3n) is 10.2. The van der Waals surface area contributed by atoms with Gasteiger partial charge in [0, 0.05) is 39.0 Å². The summed E-state index contributed by atoms with van der Waals surface area (Å²) in [5.74, 6) is -0.901. The molecule has 0 saturated carbocycles. The number of anilines is 1. The van der Waals surface area contributed by atoms with Gasteiger partial charge in [-0.2, -0.15) is 0 Å². The monoisotopic (exact) mass is 775 g/mol. The van der Waals surface area contributed by atoms with Crippen LogP contribution >= 0.6 is 22.7 Å². The van der Waals surface area contributed by atoms with Crippen molar-refractivity contribution in [3.63, 3.8) is 0 Å². The number of unbranched alkanes of at least 4 members (excludes halogenated alkanes) is 1. The number of carbonyl (C=O) groups is 3. The number of ether oxygens (including phenoxy) is 1. The Balaban J connectivity index is 0.979. The Bertz CT molecular complexity index is 1900. The number of aliphatic hydroxyl groups is 1. The average molecular weight is 776 g/mol. The van der Waals surface area contributed by atoms with Crippen LogP contribution in [0.15, 0.2) is 48.0 Å². The summed E-state index contributed by atoms with van der Waals surface area (Å²) < 4.78 is 6.66. The summed E-state index contributed by atoms with van der Waals surface area (Å²) in [6.07, 6.45) is 1.03. The fourth-order valence-corrected chi connectivity index (χ4v) is 8.91. The van der Waals surface area contributed by atoms with Crippen LogP contribution in [0, 0.1) is 12.3 Å². The second-order valence-electron chi connectivity index (χ2n) is 15.4. The molecule has 4 aromatic rings. The predicted molar refractivity (Wildman–Crippen MR) is 215 cm³/mol. The van der Waals surface area contributed by atoms with E-state index in [1.54, 1.807) is 22.7 Å². The summed E-state index contributed by atoms with van der Waals surface area (Å²) in [4.78, 5) is 55.0. The molecule has 0 unspecified atom stereocenters. The summed E-state index contributed by atoms with van der Waals surface area (Å²) in [5.41, 5.74) is 6.36. The number of carbonyl (C=O) groups excluding carboxylic acids is 3. The minimum absolute atomic E-state index is 0.0332. The SMILES string of the molecule is Cc1ncsc1-c1ccc([C@H](C)NC(=O)[C@@H]2C[C@@H](O)CN2C(=O)[C@@H](NC(=O)CCCCNCc2cccc3sc(N4CCOCC4)nc23)C(C)(C)C)cc1. The number of hydrogen-bond acceptors (Lipinski definition) is 11. The molecule has 2 aromatic heterocycles. The van der Waals surface area contributed by atoms with Gasteiger partial charge in [-0.1, -0.05) is 68.5 Å². The first-order valence-electron chi connectivity index (χ1n) is 18.9. The molecule has 4 heterocycles. The maximum atomic E-state index is 14.0. The molecule has 2 fully saturated rings. The number of nitrogens with one attached hydrogen (secondary N) is 3. The first kappa shape index (κ1) is 39.7. The van der Waals surface area contributed by atoms with E-state index in [4.69, 9.17) is 9.72 Å². The van der Waals surface area contributed by atoms with Crippen LogP contribution in [0.1, 0.15) is 76.2 Å². The molecule has 0 radical (unpaired) electrons. The zero-order chi connectivity index (χ0) is 38.4. The lowest BCUT2D eigenvalue weighted by Gasteiger charge is -2.35. The van der Waals surface area contributed by atoms with E-state index < -0.39 is 23.6 Å². The van der Waals surface area contributed by atoms with Crippen molar-refractivity contribution < 1.29 is 24.2 Å². The van der Waals surface area contributed by atoms with E-state index >= 15 is 0 Å². The highest BCUT2D eigenvalue weighted by atomic mass is 32.1. The minimum atomic E-state index is -0.857. The van der Waals surface area contributed by atoms with E-state index in [9.17, 15) is 19.5 Å². The molecule has 0 spiro atoms. The first-order valence-corrected chi connectivity index (χ1v) is 20.6. The molecular formula is C40H53N7O5S2. The van der Waals surface area contributed by atoms with E-state index in [2.05, 4.69) is 44.0 Å². The van der Waals surface area contributed by atoms with Gasteiger partial charge < -0.3 is 35.6 Å². The highest BCUT2D eigenvalue weighted by molar-refractivity contribution is 7.22. The molecule has 2 saturated heterocycles. The van der Waals surface area contributed by atoms with Crippen molar-refractivity contribution >= 4 is 55.7 Å². The van der Waals surface area contributed by atoms with Crippen LogP contribution in [0.25, 0.3) is 20.7 Å². The topological polar surface area (TPSA) is 149 Å². The molecule has 0 aliphatic carbocycles. The van der Waals surface area contributed by atoms with E-state index in [1.165, 1.54) is 9.60 Å². The van der Waals surface area contributed by atoms with Crippen LogP contribution in [0.2, 0.25) is 0 Å². The third kappa shape index (κ3) is 9.64. The van der Waals surface area contributed by atoms with Gasteiger partial charge >= 0.3 is 0 Å². The lowest BCUT2D eigenvalue weighted by atomic mass is 9.85. The molecule has 0 bridgehead atoms. The van der Waals surface area contributed by atoms with Crippen molar-refractivity contribution in [1.82, 2.24) is 30.8 Å². The second kappa shape index (κ2) is 17.7. The number of aliphatic hydroxyl groups excluding tert-OH is 1. The molecule has 14 heteroatoms. The fourth-order valence-electron chi connectivity index (χ4n) is 7.03. The number of thiazole rings is 2. The molecule has 4 N–H and O–H groups in total. The predicted octanol–water partition coefficient (Wildman–Crippen LogP) is 5.19. The Morgan fingerprint density at radius 2 is 1.81 bits per heavy atom. The van der Waals surface area contributed by atoms with Gasteiger partial charge in [-0.3, -0.25) is 14.4 Å². The van der Waals surface area contributed by atoms with Gasteiger partial charge in [0.2, 0.25) is 17.7 Å². The minimum Gasteiger partial charge on any atom is -0.391 e. The largest absolute Gasteiger partial charge is 0.391 e. The lowest BCUT2D eigenvalue weighted by molar-refractivity contribution is -0.144. The van der Waals surface area contributed by atoms with Crippen LogP contribution in [0.4, 0.5) is 5.13 Å². The van der Waals surface area contributed by atoms with Crippen LogP contribution in [0.3, 0.4) is 0 Å². The Hall–Kier alpha value is -3.95. The number of hydrogen-bond donors (Lipinski definition) is 4. The van der Waals surface area contributed by atoms with E-state index in [0.717, 1.165) is 77.2 Å². The molecule has 3 amide bonds. The van der Waals surface area contributed by atoms with Gasteiger partial charge in [-0.15, -0.1) is 11.3 Å². The summed E-state index contributed by atoms with van der Waals surface area (Å²) in [5, 5.41) is 21.2. The van der Waals surface area contributed by atoms with Crippen molar-refractivity contribution in [3.05, 3.63) is 64.8 Å². The van der Waals surface area contributed by atoms with Crippen molar-refractivity contribution in [2.75, 3.05) is 44.3 Å². The number of nitrogens with zero attached hydrogens (tertiary/aromatic N) is 4. The second-order valence-corrected chi connectivity index (χ2v) is 17.2. The molecule has 2 aliphatic rings. The standard InChI is InChI=1S/C40H53N7O5S2/c1-25(27-12-14-28(15-13-27)35-26(2)42-24-53-35)43-37(50)31-21-30(48)23-47(31)38(51)36(40(3,4)5)44-33(49)11-6-7-16-41-22-29-9-8-10-32-34(29)45-39(54-32)46-17-19-52-20-18-46/h8-10,12-15,24-25,30-31,36,41,48H,6-7,11,16-23H2,1-5H3,(H,43,50)(H,44,49)/t25-,30+,31-,36+/m0/s1. The number of fused-ring (bicyclic) bond motifs is 1. The van der Waals surface area contributed by atoms with Gasteiger partial charge in [-0.05, 0) is 61.4 Å². The Morgan fingerprint density at radius 1 is 1.06 bits per heavy atom. The number of aryl methyl sites for hydroxylation is 1. The smallest absolute Gasteiger partial charge is 0.246 e. The molecule has 4 atom stereocenters. The summed E-state index contributed by atoms with van der Waals surface area (Å²) in [6.45, 7) is 14.2. The normalized spacial score (nSPS) is 18.9. The average Bonchev–Trinajstić information content (AvgIpc) is 3.90. The van der Waals surface area contributed by atoms with Gasteiger partial charge in [0.05, 0.1) is 51.7 Å². The van der Waals surface area contributed by atoms with Crippen LogP contribution in [0.5, 0.6) is 0 Å². The van der Waals surface area contributed by atoms with E-state index in [-0.39, 0.29) is 43.1 Å². The Kier molecular flexibility index (Phi) is 13.0. The summed E-state index contributed by atoms with van der Waals surface area (Å²) in [7, 11) is 0. The lowest BCUT2D eigenvalue weighted by Crippen LogP contribution is -2.57. The summed E-state index contributed by atoms with van der Waals surface area (Å²) in [6, 6.07) is 12.3. The zero-order valence-electron chi connectivity index (χ0n) is 31.9. The number of benzene rings is 2. The number of rotatable bonds is 14. The third-order valence-corrected chi connectivity index (χ3v) is 12.2. The number of para-hydroxylation sites is 1. The van der Waals surface area contributed by atoms with Crippen LogP contribution < -0.4 is 20.9 Å². The van der Waals surface area contributed by atoms with Gasteiger partial charge in [0.25, 0.3) is 0 Å². The van der Waals surface area contributed by atoms with Crippen LogP contribution in [-0.4, -0.2) is 95.3 Å². The number of morpholine rings is 1. The highest BCUT2D eigenvalue weighted by Gasteiger charge is 2.44. The zero-order valence-corrected chi connectivity index (χ0v) is 33.5. The molecule has 6 rings (SSSR count). The number of β-amino-alcohol motifs (C(OH)–C–C–N with tert-alkyl or cyclic N) is 1. The number of aromatic nitrogens is 2. The molecular weight excluding hydrogens is 723 g/mol. The number of likely N-dealkylation sites (tertiary alicyclic amines) is 1. The maximum Gasteiger partial charge on any atom is 0.246 e. The van der Waals surface area contributed by atoms with E-state index in [0.29, 0.717) is 13.0 Å².